The number of ether oxygens (including phenoxy) is 1. The SMILES string of the molecule is CCOc1ccccc1CCC(=O)NNC(=O)c1cccc(S(=O)(=O)N(CC)CC)c1. The van der Waals surface area contributed by atoms with Crippen molar-refractivity contribution in [2.75, 3.05) is 19.7 Å². The zero-order valence-electron chi connectivity index (χ0n) is 18.1. The number of amides is 2. The first-order valence-corrected chi connectivity index (χ1v) is 11.7. The van der Waals surface area contributed by atoms with Crippen LogP contribution in [0.25, 0.3) is 0 Å². The molecule has 0 radical (unpaired) electrons. The van der Waals surface area contributed by atoms with Crippen LogP contribution in [0.1, 0.15) is 43.1 Å². The lowest BCUT2D eigenvalue weighted by molar-refractivity contribution is -0.121. The smallest absolute Gasteiger partial charge is 0.269 e. The van der Waals surface area contributed by atoms with Gasteiger partial charge in [0.05, 0.1) is 11.5 Å². The minimum Gasteiger partial charge on any atom is -0.494 e. The average Bonchev–Trinajstić information content (AvgIpc) is 2.77. The number of aryl methyl sites for hydroxylation is 1. The summed E-state index contributed by atoms with van der Waals surface area (Å²) in [5.41, 5.74) is 5.74. The van der Waals surface area contributed by atoms with Crippen LogP contribution >= 0.6 is 0 Å². The first-order valence-electron chi connectivity index (χ1n) is 10.2. The van der Waals surface area contributed by atoms with Crippen molar-refractivity contribution in [3.05, 3.63) is 59.7 Å². The number of hydrogen-bond donors (Lipinski definition) is 2. The number of benzene rings is 2. The summed E-state index contributed by atoms with van der Waals surface area (Å²) in [5.74, 6) is -0.237. The fourth-order valence-corrected chi connectivity index (χ4v) is 4.53. The van der Waals surface area contributed by atoms with Crippen LogP contribution in [-0.2, 0) is 21.2 Å². The molecule has 0 saturated carbocycles. The van der Waals surface area contributed by atoms with E-state index in [9.17, 15) is 18.0 Å². The lowest BCUT2D eigenvalue weighted by Crippen LogP contribution is -2.41. The Morgan fingerprint density at radius 1 is 0.968 bits per heavy atom. The molecule has 8 nitrogen and oxygen atoms in total. The Kier molecular flexibility index (Phi) is 9.02. The van der Waals surface area contributed by atoms with E-state index in [1.54, 1.807) is 13.8 Å². The van der Waals surface area contributed by atoms with Crippen LogP contribution in [0.4, 0.5) is 0 Å². The summed E-state index contributed by atoms with van der Waals surface area (Å²) in [7, 11) is -3.68. The van der Waals surface area contributed by atoms with Crippen LogP contribution in [0.5, 0.6) is 5.75 Å². The van der Waals surface area contributed by atoms with E-state index >= 15 is 0 Å². The second-order valence-electron chi connectivity index (χ2n) is 6.66. The first-order chi connectivity index (χ1) is 14.8. The van der Waals surface area contributed by atoms with E-state index in [1.165, 1.54) is 28.6 Å². The molecule has 0 atom stereocenters. The summed E-state index contributed by atoms with van der Waals surface area (Å²) >= 11 is 0. The standard InChI is InChI=1S/C22H29N3O5S/c1-4-25(5-2)31(28,29)19-12-9-11-18(16-19)22(27)24-23-21(26)15-14-17-10-7-8-13-20(17)30-6-3/h7-13,16H,4-6,14-15H2,1-3H3,(H,23,26)(H,24,27). The number of hydrazine groups is 1. The lowest BCUT2D eigenvalue weighted by atomic mass is 10.1. The van der Waals surface area contributed by atoms with Crippen LogP contribution < -0.4 is 15.6 Å². The van der Waals surface area contributed by atoms with E-state index in [1.807, 2.05) is 31.2 Å². The summed E-state index contributed by atoms with van der Waals surface area (Å²) in [5, 5.41) is 0. The average molecular weight is 448 g/mol. The predicted octanol–water partition coefficient (Wildman–Crippen LogP) is 2.51. The normalized spacial score (nSPS) is 11.2. The minimum absolute atomic E-state index is 0.0303. The van der Waals surface area contributed by atoms with Gasteiger partial charge in [-0.1, -0.05) is 38.1 Å². The third-order valence-corrected chi connectivity index (χ3v) is 6.69. The number of nitrogens with one attached hydrogen (secondary N) is 2. The van der Waals surface area contributed by atoms with Gasteiger partial charge in [-0.25, -0.2) is 8.42 Å². The molecule has 0 bridgehead atoms. The third kappa shape index (κ3) is 6.53. The number of carbonyl (C=O) groups is 2. The molecule has 0 aliphatic carbocycles. The molecule has 0 saturated heterocycles. The second-order valence-corrected chi connectivity index (χ2v) is 8.60. The maximum absolute atomic E-state index is 12.6. The number of rotatable bonds is 10. The van der Waals surface area contributed by atoms with Crippen molar-refractivity contribution in [2.24, 2.45) is 0 Å². The predicted molar refractivity (Wildman–Crippen MR) is 118 cm³/mol. The van der Waals surface area contributed by atoms with Crippen molar-refractivity contribution in [1.82, 2.24) is 15.2 Å². The molecule has 0 unspecified atom stereocenters. The van der Waals surface area contributed by atoms with Crippen molar-refractivity contribution in [1.29, 1.82) is 0 Å². The van der Waals surface area contributed by atoms with Crippen LogP contribution in [-0.4, -0.2) is 44.2 Å². The zero-order valence-corrected chi connectivity index (χ0v) is 18.9. The molecular formula is C22H29N3O5S. The molecule has 2 rings (SSSR count). The quantitative estimate of drug-likeness (QED) is 0.545. The van der Waals surface area contributed by atoms with Gasteiger partial charge >= 0.3 is 0 Å². The van der Waals surface area contributed by atoms with Gasteiger partial charge in [-0.05, 0) is 43.2 Å². The topological polar surface area (TPSA) is 105 Å². The van der Waals surface area contributed by atoms with Crippen LogP contribution in [0, 0.1) is 0 Å². The van der Waals surface area contributed by atoms with E-state index in [4.69, 9.17) is 4.74 Å². The minimum atomic E-state index is -3.68. The Morgan fingerprint density at radius 2 is 1.68 bits per heavy atom. The number of nitrogens with zero attached hydrogens (tertiary/aromatic N) is 1. The molecule has 168 valence electrons. The molecule has 0 aromatic heterocycles. The van der Waals surface area contributed by atoms with Crippen molar-refractivity contribution < 1.29 is 22.7 Å². The highest BCUT2D eigenvalue weighted by molar-refractivity contribution is 7.89. The largest absolute Gasteiger partial charge is 0.494 e. The Hall–Kier alpha value is -2.91. The molecule has 0 spiro atoms. The number of carbonyl (C=O) groups excluding carboxylic acids is 2. The van der Waals surface area contributed by atoms with Gasteiger partial charge in [-0.2, -0.15) is 4.31 Å². The zero-order chi connectivity index (χ0) is 22.9. The van der Waals surface area contributed by atoms with Gasteiger partial charge < -0.3 is 4.74 Å². The summed E-state index contributed by atoms with van der Waals surface area (Å²) < 4.78 is 32.1. The second kappa shape index (κ2) is 11.5. The summed E-state index contributed by atoms with van der Waals surface area (Å²) in [6.45, 7) is 6.58. The summed E-state index contributed by atoms with van der Waals surface area (Å²) in [6.07, 6.45) is 0.607. The van der Waals surface area contributed by atoms with Gasteiger partial charge in [0.25, 0.3) is 5.91 Å². The van der Waals surface area contributed by atoms with Gasteiger partial charge in [0.1, 0.15) is 5.75 Å². The molecule has 9 heteroatoms. The van der Waals surface area contributed by atoms with Gasteiger partial charge in [-0.15, -0.1) is 0 Å². The Bertz CT molecular complexity index is 1000. The molecule has 2 N–H and O–H groups in total. The van der Waals surface area contributed by atoms with Gasteiger partial charge in [0, 0.05) is 25.1 Å². The summed E-state index contributed by atoms with van der Waals surface area (Å²) in [6, 6.07) is 13.2. The van der Waals surface area contributed by atoms with Crippen molar-refractivity contribution in [3.63, 3.8) is 0 Å². The molecule has 0 fully saturated rings. The molecule has 0 aliphatic rings. The van der Waals surface area contributed by atoms with Gasteiger partial charge in [0.15, 0.2) is 0 Å². The highest BCUT2D eigenvalue weighted by atomic mass is 32.2. The van der Waals surface area contributed by atoms with E-state index in [2.05, 4.69) is 10.9 Å². The van der Waals surface area contributed by atoms with E-state index in [0.717, 1.165) is 11.3 Å². The maximum atomic E-state index is 12.6. The highest BCUT2D eigenvalue weighted by Gasteiger charge is 2.22. The maximum Gasteiger partial charge on any atom is 0.269 e. The van der Waals surface area contributed by atoms with Crippen LogP contribution in [0.2, 0.25) is 0 Å². The molecule has 31 heavy (non-hydrogen) atoms. The number of para-hydroxylation sites is 1. The van der Waals surface area contributed by atoms with Crippen LogP contribution in [0.15, 0.2) is 53.4 Å². The third-order valence-electron chi connectivity index (χ3n) is 4.65. The summed E-state index contributed by atoms with van der Waals surface area (Å²) in [4.78, 5) is 24.6. The van der Waals surface area contributed by atoms with Gasteiger partial charge in [-0.3, -0.25) is 20.4 Å². The number of hydrogen-bond acceptors (Lipinski definition) is 5. The molecule has 0 heterocycles. The fourth-order valence-electron chi connectivity index (χ4n) is 3.03. The highest BCUT2D eigenvalue weighted by Crippen LogP contribution is 2.19. The van der Waals surface area contributed by atoms with E-state index in [-0.39, 0.29) is 22.8 Å². The van der Waals surface area contributed by atoms with Crippen LogP contribution in [0.3, 0.4) is 0 Å². The van der Waals surface area contributed by atoms with Crippen molar-refractivity contribution >= 4 is 21.8 Å². The molecule has 0 aliphatic heterocycles. The molecule has 2 amide bonds. The lowest BCUT2D eigenvalue weighted by Gasteiger charge is -2.18. The Labute approximate surface area is 183 Å². The monoisotopic (exact) mass is 447 g/mol. The van der Waals surface area contributed by atoms with Gasteiger partial charge in [0.2, 0.25) is 15.9 Å². The van der Waals surface area contributed by atoms with Crippen molar-refractivity contribution in [3.8, 4) is 5.75 Å². The first kappa shape index (κ1) is 24.4. The van der Waals surface area contributed by atoms with E-state index < -0.39 is 15.9 Å². The Balaban J connectivity index is 1.96. The molecular weight excluding hydrogens is 418 g/mol. The molecule has 2 aromatic carbocycles. The molecule has 2 aromatic rings. The Morgan fingerprint density at radius 3 is 2.35 bits per heavy atom. The van der Waals surface area contributed by atoms with E-state index in [0.29, 0.717) is 26.1 Å². The van der Waals surface area contributed by atoms with Crippen molar-refractivity contribution in [2.45, 2.75) is 38.5 Å². The fraction of sp³-hybridized carbons (Fsp3) is 0.364. The number of sulfonamides is 1.